The normalized spacial score (nSPS) is 20.7. The molecule has 1 heterocycles. The standard InChI is InChI=1S/C16H22BrNO2/c1-11-10-14(17)20-15(11)16(19)18(12-6-2-3-7-12)13-8-4-5-9-13/h10,12-13H,2-9H2,1H3. The van der Waals surface area contributed by atoms with Gasteiger partial charge in [0.1, 0.15) is 0 Å². The number of hydrogen-bond acceptors (Lipinski definition) is 2. The summed E-state index contributed by atoms with van der Waals surface area (Å²) in [4.78, 5) is 15.1. The molecule has 0 spiro atoms. The smallest absolute Gasteiger partial charge is 0.290 e. The minimum absolute atomic E-state index is 0.104. The van der Waals surface area contributed by atoms with Crippen LogP contribution in [0.15, 0.2) is 15.2 Å². The summed E-state index contributed by atoms with van der Waals surface area (Å²) >= 11 is 3.33. The van der Waals surface area contributed by atoms with Crippen LogP contribution in [0.3, 0.4) is 0 Å². The summed E-state index contributed by atoms with van der Waals surface area (Å²) in [5.74, 6) is 0.627. The van der Waals surface area contributed by atoms with Crippen LogP contribution in [-0.4, -0.2) is 22.9 Å². The third-order valence-electron chi connectivity index (χ3n) is 4.75. The molecule has 0 saturated heterocycles. The number of aryl methyl sites for hydroxylation is 1. The van der Waals surface area contributed by atoms with Gasteiger partial charge in [0, 0.05) is 17.6 Å². The van der Waals surface area contributed by atoms with Crippen molar-refractivity contribution in [2.75, 3.05) is 0 Å². The van der Waals surface area contributed by atoms with Crippen molar-refractivity contribution in [1.82, 2.24) is 4.90 Å². The van der Waals surface area contributed by atoms with Crippen LogP contribution in [-0.2, 0) is 0 Å². The van der Waals surface area contributed by atoms with Gasteiger partial charge >= 0.3 is 0 Å². The molecule has 2 aliphatic rings. The van der Waals surface area contributed by atoms with Gasteiger partial charge in [-0.15, -0.1) is 0 Å². The molecule has 0 atom stereocenters. The second-order valence-corrected chi connectivity index (χ2v) is 6.93. The first-order chi connectivity index (χ1) is 9.66. The fraction of sp³-hybridized carbons (Fsp3) is 0.688. The van der Waals surface area contributed by atoms with Crippen molar-refractivity contribution in [2.24, 2.45) is 0 Å². The summed E-state index contributed by atoms with van der Waals surface area (Å²) in [6.45, 7) is 1.95. The minimum Gasteiger partial charge on any atom is -0.444 e. The van der Waals surface area contributed by atoms with E-state index in [9.17, 15) is 4.79 Å². The number of carbonyl (C=O) groups is 1. The van der Waals surface area contributed by atoms with E-state index in [1.807, 2.05) is 13.0 Å². The van der Waals surface area contributed by atoms with Crippen molar-refractivity contribution in [3.05, 3.63) is 22.1 Å². The van der Waals surface area contributed by atoms with E-state index in [4.69, 9.17) is 4.42 Å². The third-order valence-corrected chi connectivity index (χ3v) is 5.14. The Bertz CT molecular complexity index is 469. The Morgan fingerprint density at radius 1 is 1.15 bits per heavy atom. The molecular formula is C16H22BrNO2. The molecule has 1 amide bonds. The highest BCUT2D eigenvalue weighted by molar-refractivity contribution is 9.10. The molecule has 0 bridgehead atoms. The van der Waals surface area contributed by atoms with Crippen LogP contribution in [0.2, 0.25) is 0 Å². The molecule has 0 N–H and O–H groups in total. The van der Waals surface area contributed by atoms with E-state index < -0.39 is 0 Å². The molecule has 0 unspecified atom stereocenters. The summed E-state index contributed by atoms with van der Waals surface area (Å²) in [5, 5.41) is 0. The van der Waals surface area contributed by atoms with Crippen LogP contribution in [0.4, 0.5) is 0 Å². The zero-order valence-corrected chi connectivity index (χ0v) is 13.6. The lowest BCUT2D eigenvalue weighted by molar-refractivity contribution is 0.0545. The maximum absolute atomic E-state index is 13.0. The van der Waals surface area contributed by atoms with Gasteiger partial charge in [0.05, 0.1) is 0 Å². The number of hydrogen-bond donors (Lipinski definition) is 0. The van der Waals surface area contributed by atoms with Gasteiger partial charge in [-0.25, -0.2) is 0 Å². The van der Waals surface area contributed by atoms with E-state index in [1.54, 1.807) is 0 Å². The van der Waals surface area contributed by atoms with E-state index in [0.29, 0.717) is 22.5 Å². The lowest BCUT2D eigenvalue weighted by Crippen LogP contribution is -2.45. The number of rotatable bonds is 3. The number of halogens is 1. The molecular weight excluding hydrogens is 318 g/mol. The lowest BCUT2D eigenvalue weighted by atomic mass is 10.1. The maximum Gasteiger partial charge on any atom is 0.290 e. The summed E-state index contributed by atoms with van der Waals surface area (Å²) in [6, 6.07) is 2.73. The van der Waals surface area contributed by atoms with Gasteiger partial charge in [0.2, 0.25) is 0 Å². The third kappa shape index (κ3) is 2.67. The molecule has 0 aliphatic heterocycles. The molecule has 2 saturated carbocycles. The minimum atomic E-state index is 0.104. The van der Waals surface area contributed by atoms with Gasteiger partial charge in [0.25, 0.3) is 5.91 Å². The van der Waals surface area contributed by atoms with Crippen LogP contribution in [0.25, 0.3) is 0 Å². The molecule has 20 heavy (non-hydrogen) atoms. The predicted molar refractivity (Wildman–Crippen MR) is 81.8 cm³/mol. The molecule has 1 aromatic heterocycles. The Kier molecular flexibility index (Phi) is 4.20. The summed E-state index contributed by atoms with van der Waals surface area (Å²) < 4.78 is 6.25. The molecule has 110 valence electrons. The number of carbonyl (C=O) groups excluding carboxylic acids is 1. The topological polar surface area (TPSA) is 33.5 Å². The van der Waals surface area contributed by atoms with Crippen molar-refractivity contribution >= 4 is 21.8 Å². The highest BCUT2D eigenvalue weighted by Crippen LogP contribution is 2.34. The van der Waals surface area contributed by atoms with Crippen LogP contribution < -0.4 is 0 Å². The van der Waals surface area contributed by atoms with E-state index in [1.165, 1.54) is 25.7 Å². The van der Waals surface area contributed by atoms with Gasteiger partial charge in [-0.1, -0.05) is 25.7 Å². The Hall–Kier alpha value is -0.770. The fourth-order valence-corrected chi connectivity index (χ4v) is 4.27. The van der Waals surface area contributed by atoms with Crippen LogP contribution >= 0.6 is 15.9 Å². The van der Waals surface area contributed by atoms with Crippen LogP contribution in [0.5, 0.6) is 0 Å². The summed E-state index contributed by atoms with van der Waals surface area (Å²) in [7, 11) is 0. The Morgan fingerprint density at radius 3 is 2.05 bits per heavy atom. The van der Waals surface area contributed by atoms with Crippen molar-refractivity contribution in [3.63, 3.8) is 0 Å². The Morgan fingerprint density at radius 2 is 1.65 bits per heavy atom. The first kappa shape index (κ1) is 14.2. The number of nitrogens with zero attached hydrogens (tertiary/aromatic N) is 1. The van der Waals surface area contributed by atoms with Crippen molar-refractivity contribution < 1.29 is 9.21 Å². The van der Waals surface area contributed by atoms with Crippen molar-refractivity contribution in [3.8, 4) is 0 Å². The van der Waals surface area contributed by atoms with Crippen LogP contribution in [0.1, 0.15) is 67.5 Å². The monoisotopic (exact) mass is 339 g/mol. The second kappa shape index (κ2) is 5.92. The lowest BCUT2D eigenvalue weighted by Gasteiger charge is -2.34. The molecule has 0 radical (unpaired) electrons. The molecule has 1 aromatic rings. The molecule has 0 aromatic carbocycles. The molecule has 2 aliphatic carbocycles. The molecule has 4 heteroatoms. The second-order valence-electron chi connectivity index (χ2n) is 6.15. The highest BCUT2D eigenvalue weighted by Gasteiger charge is 2.36. The SMILES string of the molecule is Cc1cc(Br)oc1C(=O)N(C1CCCC1)C1CCCC1. The average Bonchev–Trinajstić information content (AvgIpc) is 3.12. The van der Waals surface area contributed by atoms with E-state index in [2.05, 4.69) is 20.8 Å². The van der Waals surface area contributed by atoms with Gasteiger partial charge in [-0.3, -0.25) is 4.79 Å². The largest absolute Gasteiger partial charge is 0.444 e. The van der Waals surface area contributed by atoms with E-state index in [-0.39, 0.29) is 5.91 Å². The van der Waals surface area contributed by atoms with Crippen molar-refractivity contribution in [2.45, 2.75) is 70.4 Å². The fourth-order valence-electron chi connectivity index (χ4n) is 3.77. The Labute approximate surface area is 128 Å². The predicted octanol–water partition coefficient (Wildman–Crippen LogP) is 4.68. The first-order valence-corrected chi connectivity index (χ1v) is 8.54. The Balaban J connectivity index is 1.87. The van der Waals surface area contributed by atoms with Gasteiger partial charge < -0.3 is 9.32 Å². The van der Waals surface area contributed by atoms with Gasteiger partial charge in [-0.2, -0.15) is 0 Å². The number of amides is 1. The van der Waals surface area contributed by atoms with E-state index >= 15 is 0 Å². The summed E-state index contributed by atoms with van der Waals surface area (Å²) in [6.07, 6.45) is 9.63. The zero-order valence-electron chi connectivity index (χ0n) is 12.0. The maximum atomic E-state index is 13.0. The van der Waals surface area contributed by atoms with Crippen molar-refractivity contribution in [1.29, 1.82) is 0 Å². The van der Waals surface area contributed by atoms with Gasteiger partial charge in [0.15, 0.2) is 10.4 Å². The van der Waals surface area contributed by atoms with Gasteiger partial charge in [-0.05, 0) is 54.6 Å². The molecule has 2 fully saturated rings. The quantitative estimate of drug-likeness (QED) is 0.801. The molecule has 3 nitrogen and oxygen atoms in total. The molecule has 3 rings (SSSR count). The zero-order chi connectivity index (χ0) is 14.1. The highest BCUT2D eigenvalue weighted by atomic mass is 79.9. The van der Waals surface area contributed by atoms with Crippen LogP contribution in [0, 0.1) is 6.92 Å². The first-order valence-electron chi connectivity index (χ1n) is 7.75. The van der Waals surface area contributed by atoms with E-state index in [0.717, 1.165) is 31.2 Å². The summed E-state index contributed by atoms with van der Waals surface area (Å²) in [5.41, 5.74) is 0.933. The number of furan rings is 1. The average molecular weight is 340 g/mol.